The molecule has 3 atom stereocenters. The van der Waals surface area contributed by atoms with Crippen molar-refractivity contribution in [1.29, 1.82) is 0 Å². The lowest BCUT2D eigenvalue weighted by atomic mass is 10.0. The number of aromatic nitrogens is 4. The second-order valence-electron chi connectivity index (χ2n) is 8.50. The van der Waals surface area contributed by atoms with E-state index < -0.39 is 12.1 Å². The molecule has 5 rings (SSSR count). The van der Waals surface area contributed by atoms with Crippen molar-refractivity contribution in [3.05, 3.63) is 41.2 Å². The highest BCUT2D eigenvalue weighted by Gasteiger charge is 2.41. The van der Waals surface area contributed by atoms with Crippen LogP contribution < -0.4 is 0 Å². The van der Waals surface area contributed by atoms with Crippen LogP contribution in [0.2, 0.25) is 0 Å². The van der Waals surface area contributed by atoms with Gasteiger partial charge in [-0.3, -0.25) is 4.79 Å². The first-order chi connectivity index (χ1) is 14.0. The highest BCUT2D eigenvalue weighted by atomic mass is 32.1. The van der Waals surface area contributed by atoms with Crippen molar-refractivity contribution in [2.24, 2.45) is 5.92 Å². The van der Waals surface area contributed by atoms with Crippen LogP contribution in [0.3, 0.4) is 0 Å². The van der Waals surface area contributed by atoms with Gasteiger partial charge in [0.25, 0.3) is 0 Å². The molecule has 0 unspecified atom stereocenters. The van der Waals surface area contributed by atoms with Crippen molar-refractivity contribution in [2.45, 2.75) is 57.2 Å². The highest BCUT2D eigenvalue weighted by molar-refractivity contribution is 7.18. The van der Waals surface area contributed by atoms with Crippen molar-refractivity contribution < 1.29 is 9.90 Å². The van der Waals surface area contributed by atoms with Crippen LogP contribution in [0.25, 0.3) is 10.2 Å². The Morgan fingerprint density at radius 2 is 2.07 bits per heavy atom. The van der Waals surface area contributed by atoms with Crippen LogP contribution in [0.4, 0.5) is 0 Å². The van der Waals surface area contributed by atoms with Gasteiger partial charge in [0.15, 0.2) is 0 Å². The summed E-state index contributed by atoms with van der Waals surface area (Å²) in [5.74, 6) is 0.536. The van der Waals surface area contributed by atoms with Gasteiger partial charge in [0.1, 0.15) is 11.0 Å². The highest BCUT2D eigenvalue weighted by Crippen LogP contribution is 2.40. The van der Waals surface area contributed by atoms with E-state index in [2.05, 4.69) is 10.3 Å². The molecule has 0 radical (unpaired) electrons. The summed E-state index contributed by atoms with van der Waals surface area (Å²) < 4.78 is 2.82. The molecule has 8 heteroatoms. The number of amides is 1. The largest absolute Gasteiger partial charge is 0.391 e. The second-order valence-corrected chi connectivity index (χ2v) is 9.56. The zero-order chi connectivity index (χ0) is 20.1. The van der Waals surface area contributed by atoms with Crippen molar-refractivity contribution >= 4 is 27.5 Å². The van der Waals surface area contributed by atoms with E-state index in [0.29, 0.717) is 18.9 Å². The number of rotatable bonds is 5. The number of para-hydroxylation sites is 1. The minimum Gasteiger partial charge on any atom is -0.391 e. The van der Waals surface area contributed by atoms with E-state index >= 15 is 0 Å². The Bertz CT molecular complexity index is 1010. The standard InChI is InChI=1S/C21H25N5O2S/c1-12(2)19(26-11-16(23-24-26)13-7-8-13)21(28)25-10-14(27)9-17(25)20-22-15-5-3-4-6-18(15)29-20/h3-6,11-14,17,19,27H,7-10H2,1-2H3/t14-,17+,19-/m1/s1. The molecular formula is C21H25N5O2S. The van der Waals surface area contributed by atoms with E-state index in [1.54, 1.807) is 20.9 Å². The normalized spacial score (nSPS) is 23.2. The van der Waals surface area contributed by atoms with E-state index in [4.69, 9.17) is 4.98 Å². The number of nitrogens with zero attached hydrogens (tertiary/aromatic N) is 5. The molecule has 1 aliphatic heterocycles. The van der Waals surface area contributed by atoms with E-state index in [1.807, 2.05) is 44.3 Å². The summed E-state index contributed by atoms with van der Waals surface area (Å²) in [6.45, 7) is 4.38. The molecule has 2 fully saturated rings. The average molecular weight is 412 g/mol. The third kappa shape index (κ3) is 3.44. The number of hydrogen-bond acceptors (Lipinski definition) is 6. The summed E-state index contributed by atoms with van der Waals surface area (Å²) in [4.78, 5) is 20.2. The monoisotopic (exact) mass is 411 g/mol. The molecule has 1 saturated carbocycles. The fraction of sp³-hybridized carbons (Fsp3) is 0.524. The van der Waals surface area contributed by atoms with Crippen molar-refractivity contribution in [3.8, 4) is 0 Å². The van der Waals surface area contributed by atoms with Gasteiger partial charge in [0, 0.05) is 25.1 Å². The van der Waals surface area contributed by atoms with Crippen LogP contribution in [-0.2, 0) is 4.79 Å². The molecule has 0 spiro atoms. The van der Waals surface area contributed by atoms with Gasteiger partial charge < -0.3 is 10.0 Å². The molecule has 1 N–H and O–H groups in total. The van der Waals surface area contributed by atoms with Gasteiger partial charge in [0.05, 0.1) is 28.1 Å². The Balaban J connectivity index is 1.46. The lowest BCUT2D eigenvalue weighted by Gasteiger charge is -2.29. The second kappa shape index (κ2) is 7.18. The van der Waals surface area contributed by atoms with Gasteiger partial charge in [-0.25, -0.2) is 9.67 Å². The fourth-order valence-corrected chi connectivity index (χ4v) is 5.28. The Hall–Kier alpha value is -2.32. The number of carbonyl (C=O) groups excluding carboxylic acids is 1. The molecule has 29 heavy (non-hydrogen) atoms. The van der Waals surface area contributed by atoms with E-state index in [0.717, 1.165) is 33.8 Å². The maximum absolute atomic E-state index is 13.6. The van der Waals surface area contributed by atoms with E-state index in [1.165, 1.54) is 0 Å². The van der Waals surface area contributed by atoms with Crippen LogP contribution in [0.15, 0.2) is 30.5 Å². The molecule has 152 valence electrons. The van der Waals surface area contributed by atoms with Crippen molar-refractivity contribution in [1.82, 2.24) is 24.9 Å². The quantitative estimate of drug-likeness (QED) is 0.696. The summed E-state index contributed by atoms with van der Waals surface area (Å²) in [5.41, 5.74) is 1.92. The van der Waals surface area contributed by atoms with E-state index in [9.17, 15) is 9.90 Å². The number of hydrogen-bond donors (Lipinski definition) is 1. The summed E-state index contributed by atoms with van der Waals surface area (Å²) in [7, 11) is 0. The lowest BCUT2D eigenvalue weighted by molar-refractivity contribution is -0.137. The van der Waals surface area contributed by atoms with Gasteiger partial charge in [-0.05, 0) is 30.9 Å². The van der Waals surface area contributed by atoms with Gasteiger partial charge in [-0.15, -0.1) is 16.4 Å². The van der Waals surface area contributed by atoms with Crippen molar-refractivity contribution in [2.75, 3.05) is 6.54 Å². The molecule has 1 aromatic carbocycles. The number of thiazole rings is 1. The molecule has 2 aliphatic rings. The number of aliphatic hydroxyl groups is 1. The van der Waals surface area contributed by atoms with Gasteiger partial charge in [-0.1, -0.05) is 31.2 Å². The van der Waals surface area contributed by atoms with Crippen LogP contribution in [-0.4, -0.2) is 48.5 Å². The molecule has 2 aromatic heterocycles. The van der Waals surface area contributed by atoms with Crippen LogP contribution in [0, 0.1) is 5.92 Å². The summed E-state index contributed by atoms with van der Waals surface area (Å²) in [5, 5.41) is 19.8. The molecule has 1 saturated heterocycles. The minimum absolute atomic E-state index is 0.0203. The first-order valence-corrected chi connectivity index (χ1v) is 11.1. The number of likely N-dealkylation sites (tertiary alicyclic amines) is 1. The van der Waals surface area contributed by atoms with Crippen LogP contribution in [0.5, 0.6) is 0 Å². The Morgan fingerprint density at radius 1 is 1.28 bits per heavy atom. The molecule has 7 nitrogen and oxygen atoms in total. The Kier molecular flexibility index (Phi) is 4.63. The first kappa shape index (κ1) is 18.7. The first-order valence-electron chi connectivity index (χ1n) is 10.3. The third-order valence-electron chi connectivity index (χ3n) is 5.85. The average Bonchev–Trinajstić information content (AvgIpc) is 3.11. The van der Waals surface area contributed by atoms with Gasteiger partial charge in [0.2, 0.25) is 5.91 Å². The number of carbonyl (C=O) groups is 1. The predicted octanol–water partition coefficient (Wildman–Crippen LogP) is 3.30. The van der Waals surface area contributed by atoms with E-state index in [-0.39, 0.29) is 17.9 Å². The summed E-state index contributed by atoms with van der Waals surface area (Å²) >= 11 is 1.60. The maximum Gasteiger partial charge on any atom is 0.248 e. The van der Waals surface area contributed by atoms with Crippen molar-refractivity contribution in [3.63, 3.8) is 0 Å². The SMILES string of the molecule is CC(C)[C@H](C(=O)N1C[C@H](O)C[C@H]1c1nc2ccccc2s1)n1cc(C2CC2)nn1. The van der Waals surface area contributed by atoms with Crippen LogP contribution >= 0.6 is 11.3 Å². The number of β-amino-alcohol motifs (C(OH)–C–C–N with tert-alkyl or cyclic N) is 1. The molecule has 3 heterocycles. The molecular weight excluding hydrogens is 386 g/mol. The molecule has 1 aliphatic carbocycles. The zero-order valence-electron chi connectivity index (χ0n) is 16.6. The summed E-state index contributed by atoms with van der Waals surface area (Å²) in [6, 6.07) is 7.35. The molecule has 1 amide bonds. The third-order valence-corrected chi connectivity index (χ3v) is 6.99. The number of fused-ring (bicyclic) bond motifs is 1. The van der Waals surface area contributed by atoms with Gasteiger partial charge in [-0.2, -0.15) is 0 Å². The predicted molar refractivity (Wildman–Crippen MR) is 111 cm³/mol. The molecule has 3 aromatic rings. The number of aliphatic hydroxyl groups excluding tert-OH is 1. The van der Waals surface area contributed by atoms with Crippen LogP contribution in [0.1, 0.15) is 61.8 Å². The lowest BCUT2D eigenvalue weighted by Crippen LogP contribution is -2.40. The Morgan fingerprint density at radius 3 is 2.79 bits per heavy atom. The maximum atomic E-state index is 13.6. The van der Waals surface area contributed by atoms with Gasteiger partial charge >= 0.3 is 0 Å². The fourth-order valence-electron chi connectivity index (χ4n) is 4.19. The Labute approximate surface area is 173 Å². The smallest absolute Gasteiger partial charge is 0.248 e. The zero-order valence-corrected chi connectivity index (χ0v) is 17.4. The molecule has 0 bridgehead atoms. The summed E-state index contributed by atoms with van der Waals surface area (Å²) in [6.07, 6.45) is 4.20. The topological polar surface area (TPSA) is 84.1 Å². The minimum atomic E-state index is -0.540. The number of benzene rings is 1.